The fourth-order valence-corrected chi connectivity index (χ4v) is 2.76. The SMILES string of the molecule is CCOC(=O)N1CCC(NC(N)=NCCc2ccc(Cl)cc2)CC1.I. The third-order valence-corrected chi connectivity index (χ3v) is 4.22. The Kier molecular flexibility index (Phi) is 9.96. The summed E-state index contributed by atoms with van der Waals surface area (Å²) in [4.78, 5) is 17.7. The Morgan fingerprint density at radius 1 is 1.36 bits per heavy atom. The maximum atomic E-state index is 11.7. The molecule has 1 aromatic carbocycles. The number of halogens is 2. The van der Waals surface area contributed by atoms with Crippen molar-refractivity contribution in [1.29, 1.82) is 0 Å². The molecule has 0 atom stereocenters. The van der Waals surface area contributed by atoms with Crippen molar-refractivity contribution in [2.75, 3.05) is 26.2 Å². The molecule has 0 aromatic heterocycles. The van der Waals surface area contributed by atoms with E-state index in [1.54, 1.807) is 4.90 Å². The van der Waals surface area contributed by atoms with Crippen LogP contribution in [0.15, 0.2) is 29.3 Å². The van der Waals surface area contributed by atoms with Gasteiger partial charge in [-0.15, -0.1) is 24.0 Å². The van der Waals surface area contributed by atoms with Crippen LogP contribution in [-0.2, 0) is 11.2 Å². The first-order chi connectivity index (χ1) is 11.6. The average molecular weight is 481 g/mol. The number of aliphatic imine (C=N–C) groups is 1. The third-order valence-electron chi connectivity index (χ3n) is 3.97. The standard InChI is InChI=1S/C17H25ClN4O2.HI/c1-2-24-17(23)22-11-8-15(9-12-22)21-16(19)20-10-7-13-3-5-14(18)6-4-13;/h3-6,15H,2,7-12H2,1H3,(H3,19,20,21);1H. The number of hydrogen-bond donors (Lipinski definition) is 2. The Labute approximate surface area is 171 Å². The molecule has 1 aromatic rings. The number of carbonyl (C=O) groups is 1. The van der Waals surface area contributed by atoms with E-state index in [9.17, 15) is 4.79 Å². The van der Waals surface area contributed by atoms with Crippen LogP contribution in [0.1, 0.15) is 25.3 Å². The predicted octanol–water partition coefficient (Wildman–Crippen LogP) is 3.03. The first kappa shape index (κ1) is 21.8. The minimum Gasteiger partial charge on any atom is -0.450 e. The van der Waals surface area contributed by atoms with Gasteiger partial charge < -0.3 is 20.7 Å². The number of nitrogens with one attached hydrogen (secondary N) is 1. The van der Waals surface area contributed by atoms with Gasteiger partial charge >= 0.3 is 6.09 Å². The number of ether oxygens (including phenoxy) is 1. The first-order valence-corrected chi connectivity index (χ1v) is 8.69. The minimum absolute atomic E-state index is 0. The number of nitrogens with two attached hydrogens (primary N) is 1. The lowest BCUT2D eigenvalue weighted by atomic mass is 10.1. The van der Waals surface area contributed by atoms with Gasteiger partial charge in [0.05, 0.1) is 6.61 Å². The van der Waals surface area contributed by atoms with E-state index in [2.05, 4.69) is 10.3 Å². The summed E-state index contributed by atoms with van der Waals surface area (Å²) < 4.78 is 5.01. The van der Waals surface area contributed by atoms with Crippen LogP contribution in [0.2, 0.25) is 5.02 Å². The number of piperidine rings is 1. The lowest BCUT2D eigenvalue weighted by Gasteiger charge is -2.31. The summed E-state index contributed by atoms with van der Waals surface area (Å²) in [6.45, 7) is 4.20. The van der Waals surface area contributed by atoms with Gasteiger partial charge in [0.2, 0.25) is 0 Å². The summed E-state index contributed by atoms with van der Waals surface area (Å²) in [6.07, 6.45) is 2.26. The Hall–Kier alpha value is -1.22. The van der Waals surface area contributed by atoms with E-state index in [1.165, 1.54) is 5.56 Å². The van der Waals surface area contributed by atoms with Gasteiger partial charge in [-0.05, 0) is 43.9 Å². The van der Waals surface area contributed by atoms with E-state index in [1.807, 2.05) is 31.2 Å². The highest BCUT2D eigenvalue weighted by molar-refractivity contribution is 14.0. The van der Waals surface area contributed by atoms with Crippen LogP contribution in [0.4, 0.5) is 4.79 Å². The monoisotopic (exact) mass is 480 g/mol. The smallest absolute Gasteiger partial charge is 0.409 e. The number of amides is 1. The Morgan fingerprint density at radius 3 is 2.60 bits per heavy atom. The zero-order chi connectivity index (χ0) is 17.4. The zero-order valence-electron chi connectivity index (χ0n) is 14.4. The second-order valence-electron chi connectivity index (χ2n) is 5.75. The molecule has 0 bridgehead atoms. The maximum absolute atomic E-state index is 11.7. The van der Waals surface area contributed by atoms with E-state index < -0.39 is 0 Å². The summed E-state index contributed by atoms with van der Waals surface area (Å²) in [5.74, 6) is 0.457. The van der Waals surface area contributed by atoms with Crippen LogP contribution in [0.3, 0.4) is 0 Å². The number of rotatable bonds is 5. The summed E-state index contributed by atoms with van der Waals surface area (Å²) in [5, 5.41) is 3.97. The van der Waals surface area contributed by atoms with Crippen molar-refractivity contribution in [3.05, 3.63) is 34.9 Å². The van der Waals surface area contributed by atoms with Gasteiger partial charge in [0.15, 0.2) is 5.96 Å². The molecule has 0 aliphatic carbocycles. The average Bonchev–Trinajstić information content (AvgIpc) is 2.57. The molecule has 1 aliphatic rings. The fourth-order valence-electron chi connectivity index (χ4n) is 2.63. The number of carbonyl (C=O) groups excluding carboxylic acids is 1. The molecular weight excluding hydrogens is 455 g/mol. The van der Waals surface area contributed by atoms with Crippen LogP contribution < -0.4 is 11.1 Å². The maximum Gasteiger partial charge on any atom is 0.409 e. The molecular formula is C17H26ClIN4O2. The van der Waals surface area contributed by atoms with Crippen molar-refractivity contribution in [2.24, 2.45) is 10.7 Å². The van der Waals surface area contributed by atoms with E-state index >= 15 is 0 Å². The van der Waals surface area contributed by atoms with Gasteiger partial charge in [-0.1, -0.05) is 23.7 Å². The molecule has 3 N–H and O–H groups in total. The summed E-state index contributed by atoms with van der Waals surface area (Å²) in [6, 6.07) is 7.98. The highest BCUT2D eigenvalue weighted by atomic mass is 127. The third kappa shape index (κ3) is 7.68. The highest BCUT2D eigenvalue weighted by Gasteiger charge is 2.23. The number of nitrogens with zero attached hydrogens (tertiary/aromatic N) is 2. The molecule has 140 valence electrons. The topological polar surface area (TPSA) is 80.0 Å². The van der Waals surface area contributed by atoms with Crippen LogP contribution in [0, 0.1) is 0 Å². The number of guanidine groups is 1. The summed E-state index contributed by atoms with van der Waals surface area (Å²) in [7, 11) is 0. The van der Waals surface area contributed by atoms with Crippen molar-refractivity contribution in [2.45, 2.75) is 32.2 Å². The molecule has 1 fully saturated rings. The van der Waals surface area contributed by atoms with Crippen LogP contribution >= 0.6 is 35.6 Å². The predicted molar refractivity (Wildman–Crippen MR) is 112 cm³/mol. The fraction of sp³-hybridized carbons (Fsp3) is 0.529. The van der Waals surface area contributed by atoms with E-state index in [0.717, 1.165) is 24.3 Å². The van der Waals surface area contributed by atoms with Crippen LogP contribution in [0.5, 0.6) is 0 Å². The molecule has 0 spiro atoms. The second kappa shape index (κ2) is 11.4. The molecule has 1 aliphatic heterocycles. The minimum atomic E-state index is -0.236. The van der Waals surface area contributed by atoms with Crippen molar-refractivity contribution >= 4 is 47.6 Å². The molecule has 6 nitrogen and oxygen atoms in total. The number of likely N-dealkylation sites (tertiary alicyclic amines) is 1. The molecule has 1 heterocycles. The quantitative estimate of drug-likeness (QED) is 0.386. The van der Waals surface area contributed by atoms with E-state index in [-0.39, 0.29) is 36.1 Å². The first-order valence-electron chi connectivity index (χ1n) is 8.31. The van der Waals surface area contributed by atoms with Gasteiger partial charge in [0.25, 0.3) is 0 Å². The van der Waals surface area contributed by atoms with Gasteiger partial charge in [-0.2, -0.15) is 0 Å². The van der Waals surface area contributed by atoms with Gasteiger partial charge in [0.1, 0.15) is 0 Å². The molecule has 1 amide bonds. The van der Waals surface area contributed by atoms with Crippen molar-refractivity contribution in [3.8, 4) is 0 Å². The Bertz CT molecular complexity index is 560. The normalized spacial score (nSPS) is 15.4. The van der Waals surface area contributed by atoms with E-state index in [4.69, 9.17) is 22.1 Å². The summed E-state index contributed by atoms with van der Waals surface area (Å²) >= 11 is 5.86. The highest BCUT2D eigenvalue weighted by Crippen LogP contribution is 2.12. The summed E-state index contributed by atoms with van der Waals surface area (Å²) in [5.41, 5.74) is 7.13. The number of benzene rings is 1. The van der Waals surface area contributed by atoms with Crippen molar-refractivity contribution in [1.82, 2.24) is 10.2 Å². The Morgan fingerprint density at radius 2 is 2.00 bits per heavy atom. The van der Waals surface area contributed by atoms with Crippen molar-refractivity contribution < 1.29 is 9.53 Å². The largest absolute Gasteiger partial charge is 0.450 e. The van der Waals surface area contributed by atoms with Gasteiger partial charge in [-0.25, -0.2) is 4.79 Å². The van der Waals surface area contributed by atoms with Crippen molar-refractivity contribution in [3.63, 3.8) is 0 Å². The second-order valence-corrected chi connectivity index (χ2v) is 6.18. The molecule has 0 radical (unpaired) electrons. The Balaban J connectivity index is 0.00000312. The zero-order valence-corrected chi connectivity index (χ0v) is 17.5. The lowest BCUT2D eigenvalue weighted by molar-refractivity contribution is 0.0963. The number of hydrogen-bond acceptors (Lipinski definition) is 3. The molecule has 0 unspecified atom stereocenters. The molecule has 25 heavy (non-hydrogen) atoms. The van der Waals surface area contributed by atoms with Gasteiger partial charge in [-0.3, -0.25) is 4.99 Å². The van der Waals surface area contributed by atoms with Crippen LogP contribution in [0.25, 0.3) is 0 Å². The molecule has 8 heteroatoms. The molecule has 2 rings (SSSR count). The molecule has 0 saturated carbocycles. The molecule has 1 saturated heterocycles. The van der Waals surface area contributed by atoms with Crippen LogP contribution in [-0.4, -0.2) is 49.2 Å². The lowest BCUT2D eigenvalue weighted by Crippen LogP contribution is -2.48. The van der Waals surface area contributed by atoms with Gasteiger partial charge in [0, 0.05) is 30.7 Å². The van der Waals surface area contributed by atoms with E-state index in [0.29, 0.717) is 32.2 Å².